The van der Waals surface area contributed by atoms with Gasteiger partial charge in [-0.25, -0.2) is 0 Å². The molecule has 1 aliphatic rings. The molecule has 4 unspecified atom stereocenters. The highest BCUT2D eigenvalue weighted by atomic mass is 15.0. The summed E-state index contributed by atoms with van der Waals surface area (Å²) in [5.74, 6) is 1.72. The molecular formula is C12H20N2. The predicted octanol–water partition coefficient (Wildman–Crippen LogP) is 2.71. The van der Waals surface area contributed by atoms with Crippen molar-refractivity contribution in [2.24, 2.45) is 11.8 Å². The molecule has 2 rings (SSSR count). The van der Waals surface area contributed by atoms with E-state index in [1.807, 2.05) is 6.20 Å². The van der Waals surface area contributed by atoms with E-state index in [9.17, 15) is 0 Å². The third-order valence-corrected chi connectivity index (χ3v) is 3.71. The van der Waals surface area contributed by atoms with Crippen molar-refractivity contribution in [3.05, 3.63) is 24.0 Å². The molecule has 0 bridgehead atoms. The Kier molecular flexibility index (Phi) is 2.64. The van der Waals surface area contributed by atoms with Gasteiger partial charge in [-0.1, -0.05) is 13.8 Å². The van der Waals surface area contributed by atoms with Gasteiger partial charge in [0.15, 0.2) is 0 Å². The smallest absolute Gasteiger partial charge is 0.0446 e. The molecule has 14 heavy (non-hydrogen) atoms. The Balaban J connectivity index is 1.87. The van der Waals surface area contributed by atoms with Gasteiger partial charge in [0.25, 0.3) is 0 Å². The number of hydrogen-bond donors (Lipinski definition) is 2. The number of rotatable bonds is 3. The fourth-order valence-corrected chi connectivity index (χ4v) is 2.27. The zero-order valence-corrected chi connectivity index (χ0v) is 9.25. The second-order valence-corrected chi connectivity index (χ2v) is 4.69. The fourth-order valence-electron chi connectivity index (χ4n) is 2.27. The minimum absolute atomic E-state index is 0.449. The van der Waals surface area contributed by atoms with Crippen LogP contribution < -0.4 is 5.32 Å². The summed E-state index contributed by atoms with van der Waals surface area (Å²) in [5, 5.41) is 3.67. The first-order chi connectivity index (χ1) is 6.68. The Hall–Kier alpha value is -0.760. The van der Waals surface area contributed by atoms with Crippen LogP contribution in [0.4, 0.5) is 0 Å². The van der Waals surface area contributed by atoms with Crippen LogP contribution in [0, 0.1) is 11.8 Å². The van der Waals surface area contributed by atoms with Gasteiger partial charge in [0.1, 0.15) is 0 Å². The van der Waals surface area contributed by atoms with Crippen LogP contribution in [0.15, 0.2) is 18.3 Å². The zero-order chi connectivity index (χ0) is 10.1. The lowest BCUT2D eigenvalue weighted by Gasteiger charge is -2.42. The van der Waals surface area contributed by atoms with Gasteiger partial charge in [-0.3, -0.25) is 0 Å². The molecule has 1 aliphatic carbocycles. The Bertz CT molecular complexity index is 279. The molecule has 1 heterocycles. The first-order valence-corrected chi connectivity index (χ1v) is 5.58. The van der Waals surface area contributed by atoms with Crippen molar-refractivity contribution in [3.63, 3.8) is 0 Å². The SMILES string of the molecule is CC(NC1CC(C)C1C)c1ccc[nH]1. The Morgan fingerprint density at radius 2 is 2.29 bits per heavy atom. The molecule has 2 heteroatoms. The van der Waals surface area contributed by atoms with Crippen molar-refractivity contribution in [1.82, 2.24) is 10.3 Å². The van der Waals surface area contributed by atoms with Crippen LogP contribution >= 0.6 is 0 Å². The first kappa shape index (κ1) is 9.78. The quantitative estimate of drug-likeness (QED) is 0.757. The third kappa shape index (κ3) is 1.71. The standard InChI is InChI=1S/C12H20N2/c1-8-7-12(9(8)2)14-10(3)11-5-4-6-13-11/h4-6,8-10,12-14H,7H2,1-3H3. The van der Waals surface area contributed by atoms with Crippen LogP contribution in [0.25, 0.3) is 0 Å². The van der Waals surface area contributed by atoms with Gasteiger partial charge >= 0.3 is 0 Å². The monoisotopic (exact) mass is 192 g/mol. The number of hydrogen-bond acceptors (Lipinski definition) is 1. The van der Waals surface area contributed by atoms with E-state index in [0.29, 0.717) is 12.1 Å². The lowest BCUT2D eigenvalue weighted by molar-refractivity contribution is 0.127. The molecule has 0 radical (unpaired) electrons. The summed E-state index contributed by atoms with van der Waals surface area (Å²) in [5.41, 5.74) is 1.29. The van der Waals surface area contributed by atoms with Gasteiger partial charge in [-0.2, -0.15) is 0 Å². The van der Waals surface area contributed by atoms with Crippen molar-refractivity contribution in [2.45, 2.75) is 39.3 Å². The summed E-state index contributed by atoms with van der Waals surface area (Å²) in [6.07, 6.45) is 3.31. The fraction of sp³-hybridized carbons (Fsp3) is 0.667. The van der Waals surface area contributed by atoms with E-state index in [1.165, 1.54) is 12.1 Å². The van der Waals surface area contributed by atoms with Crippen LogP contribution in [-0.2, 0) is 0 Å². The third-order valence-electron chi connectivity index (χ3n) is 3.71. The predicted molar refractivity (Wildman–Crippen MR) is 59.1 cm³/mol. The highest BCUT2D eigenvalue weighted by Gasteiger charge is 2.34. The molecule has 1 aromatic rings. The topological polar surface area (TPSA) is 27.8 Å². The van der Waals surface area contributed by atoms with Gasteiger partial charge < -0.3 is 10.3 Å². The summed E-state index contributed by atoms with van der Waals surface area (Å²) < 4.78 is 0. The maximum atomic E-state index is 3.67. The van der Waals surface area contributed by atoms with Crippen molar-refractivity contribution >= 4 is 0 Å². The van der Waals surface area contributed by atoms with Crippen LogP contribution in [0.1, 0.15) is 38.9 Å². The molecular weight excluding hydrogens is 172 g/mol. The van der Waals surface area contributed by atoms with Crippen molar-refractivity contribution < 1.29 is 0 Å². The van der Waals surface area contributed by atoms with E-state index in [0.717, 1.165) is 11.8 Å². The Morgan fingerprint density at radius 1 is 1.50 bits per heavy atom. The number of aromatic nitrogens is 1. The molecule has 1 fully saturated rings. The Labute approximate surface area is 86.1 Å². The minimum atomic E-state index is 0.449. The van der Waals surface area contributed by atoms with Gasteiger partial charge in [-0.15, -0.1) is 0 Å². The van der Waals surface area contributed by atoms with Crippen molar-refractivity contribution in [1.29, 1.82) is 0 Å². The molecule has 0 aromatic carbocycles. The van der Waals surface area contributed by atoms with Crippen LogP contribution in [0.5, 0.6) is 0 Å². The summed E-state index contributed by atoms with van der Waals surface area (Å²) in [6.45, 7) is 6.90. The normalized spacial score (nSPS) is 33.8. The number of H-pyrrole nitrogens is 1. The molecule has 1 aromatic heterocycles. The van der Waals surface area contributed by atoms with E-state index in [-0.39, 0.29) is 0 Å². The molecule has 0 spiro atoms. The van der Waals surface area contributed by atoms with E-state index in [2.05, 4.69) is 43.2 Å². The van der Waals surface area contributed by atoms with E-state index in [1.54, 1.807) is 0 Å². The largest absolute Gasteiger partial charge is 0.364 e. The number of nitrogens with one attached hydrogen (secondary N) is 2. The average Bonchev–Trinajstić information content (AvgIpc) is 2.69. The van der Waals surface area contributed by atoms with Crippen molar-refractivity contribution in [2.75, 3.05) is 0 Å². The minimum Gasteiger partial charge on any atom is -0.364 e. The van der Waals surface area contributed by atoms with Gasteiger partial charge in [0, 0.05) is 24.0 Å². The first-order valence-electron chi connectivity index (χ1n) is 5.58. The Morgan fingerprint density at radius 3 is 2.79 bits per heavy atom. The lowest BCUT2D eigenvalue weighted by Crippen LogP contribution is -2.48. The van der Waals surface area contributed by atoms with E-state index in [4.69, 9.17) is 0 Å². The molecule has 4 atom stereocenters. The molecule has 2 N–H and O–H groups in total. The lowest BCUT2D eigenvalue weighted by atomic mass is 9.71. The maximum absolute atomic E-state index is 3.67. The average molecular weight is 192 g/mol. The second-order valence-electron chi connectivity index (χ2n) is 4.69. The molecule has 78 valence electrons. The zero-order valence-electron chi connectivity index (χ0n) is 9.25. The molecule has 0 aliphatic heterocycles. The van der Waals surface area contributed by atoms with Gasteiger partial charge in [0.2, 0.25) is 0 Å². The maximum Gasteiger partial charge on any atom is 0.0446 e. The summed E-state index contributed by atoms with van der Waals surface area (Å²) in [6, 6.07) is 5.36. The van der Waals surface area contributed by atoms with E-state index >= 15 is 0 Å². The summed E-state index contributed by atoms with van der Waals surface area (Å²) >= 11 is 0. The van der Waals surface area contributed by atoms with E-state index < -0.39 is 0 Å². The van der Waals surface area contributed by atoms with Gasteiger partial charge in [0.05, 0.1) is 0 Å². The summed E-state index contributed by atoms with van der Waals surface area (Å²) in [7, 11) is 0. The van der Waals surface area contributed by atoms with Crippen LogP contribution in [-0.4, -0.2) is 11.0 Å². The number of aromatic amines is 1. The van der Waals surface area contributed by atoms with Crippen molar-refractivity contribution in [3.8, 4) is 0 Å². The van der Waals surface area contributed by atoms with Crippen LogP contribution in [0.3, 0.4) is 0 Å². The van der Waals surface area contributed by atoms with Crippen LogP contribution in [0.2, 0.25) is 0 Å². The molecule has 2 nitrogen and oxygen atoms in total. The van der Waals surface area contributed by atoms with Gasteiger partial charge in [-0.05, 0) is 37.3 Å². The highest BCUT2D eigenvalue weighted by molar-refractivity contribution is 5.09. The second kappa shape index (κ2) is 3.77. The summed E-state index contributed by atoms with van der Waals surface area (Å²) in [4.78, 5) is 3.25. The molecule has 0 saturated heterocycles. The molecule has 1 saturated carbocycles. The molecule has 0 amide bonds. The highest BCUT2D eigenvalue weighted by Crippen LogP contribution is 2.34.